The second-order valence-electron chi connectivity index (χ2n) is 12.3. The summed E-state index contributed by atoms with van der Waals surface area (Å²) in [5.74, 6) is -3.96. The number of carbonyl (C=O) groups is 5. The molecule has 0 aromatic rings. The molecule has 10 atom stereocenters. The first kappa shape index (κ1) is 31.0. The van der Waals surface area contributed by atoms with Crippen molar-refractivity contribution in [3.63, 3.8) is 0 Å². The molecule has 0 N–H and O–H groups in total. The summed E-state index contributed by atoms with van der Waals surface area (Å²) >= 11 is 0. The van der Waals surface area contributed by atoms with Gasteiger partial charge in [0.1, 0.15) is 24.4 Å². The van der Waals surface area contributed by atoms with E-state index in [0.29, 0.717) is 19.3 Å². The Morgan fingerprint density at radius 2 is 1.61 bits per heavy atom. The smallest absolute Gasteiger partial charge is 0.342 e. The summed E-state index contributed by atoms with van der Waals surface area (Å²) in [6.07, 6.45) is -0.826. The first-order chi connectivity index (χ1) is 19.1. The summed E-state index contributed by atoms with van der Waals surface area (Å²) in [6.45, 7) is 12.9. The van der Waals surface area contributed by atoms with Gasteiger partial charge in [-0.2, -0.15) is 0 Å². The fourth-order valence-corrected chi connectivity index (χ4v) is 7.49. The number of hydrogen-bond acceptors (Lipinski definition) is 11. The van der Waals surface area contributed by atoms with E-state index in [1.54, 1.807) is 13.0 Å². The molecule has 0 aromatic carbocycles. The lowest BCUT2D eigenvalue weighted by molar-refractivity contribution is -0.235. The van der Waals surface area contributed by atoms with Gasteiger partial charge in [-0.3, -0.25) is 19.2 Å². The summed E-state index contributed by atoms with van der Waals surface area (Å²) < 4.78 is 36.0. The van der Waals surface area contributed by atoms with Crippen LogP contribution in [0.1, 0.15) is 87.5 Å². The summed E-state index contributed by atoms with van der Waals surface area (Å²) in [6, 6.07) is 0. The molecule has 0 aromatic heterocycles. The van der Waals surface area contributed by atoms with E-state index in [-0.39, 0.29) is 12.8 Å². The number of epoxide rings is 1. The zero-order valence-corrected chi connectivity index (χ0v) is 25.1. The van der Waals surface area contributed by atoms with Crippen LogP contribution in [-0.2, 0) is 52.4 Å². The molecule has 0 bridgehead atoms. The molecule has 41 heavy (non-hydrogen) atoms. The molecule has 3 fully saturated rings. The van der Waals surface area contributed by atoms with Gasteiger partial charge in [0, 0.05) is 50.9 Å². The minimum absolute atomic E-state index is 0.140. The van der Waals surface area contributed by atoms with E-state index in [4.69, 9.17) is 28.4 Å². The average molecular weight is 579 g/mol. The molecule has 4 rings (SSSR count). The van der Waals surface area contributed by atoms with Crippen LogP contribution in [0.2, 0.25) is 0 Å². The van der Waals surface area contributed by atoms with Crippen LogP contribution in [0.5, 0.6) is 0 Å². The van der Waals surface area contributed by atoms with Crippen molar-refractivity contribution < 1.29 is 52.4 Å². The number of carbonyl (C=O) groups excluding carboxylic acids is 5. The van der Waals surface area contributed by atoms with Gasteiger partial charge in [0.25, 0.3) is 0 Å². The molecule has 2 aliphatic heterocycles. The molecule has 228 valence electrons. The SMILES string of the molecule is CCCC(=O)O[C@@H]1CC/C(C)=C/[C@@H]2OC(=O)[C@]3(C)O[C@]23[C@H](OC(C)=O)[C@@H]2[C@@H](C)[C@H](OC(C)=O)C[C@H](OC(C)=O)[C@]21C. The zero-order valence-electron chi connectivity index (χ0n) is 25.1. The van der Waals surface area contributed by atoms with Gasteiger partial charge in [0.2, 0.25) is 0 Å². The Labute approximate surface area is 240 Å². The van der Waals surface area contributed by atoms with Crippen molar-refractivity contribution in [2.24, 2.45) is 17.3 Å². The van der Waals surface area contributed by atoms with E-state index < -0.39 is 88.8 Å². The van der Waals surface area contributed by atoms with E-state index in [1.807, 2.05) is 27.7 Å². The van der Waals surface area contributed by atoms with Crippen LogP contribution < -0.4 is 0 Å². The Balaban J connectivity index is 1.99. The standard InChI is InChI=1S/C30H42O11/c1-9-10-24(34)39-21-12-11-15(2)13-23-30(29(8,41-30)27(35)40-23)26(38-19(6)33)25-16(3)20(36-17(4)31)14-22(28(21,25)7)37-18(5)32/h13,16,20-23,25-26H,9-12,14H2,1-8H3/b15-13+/t16-,20+,21+,22-,23-,25-,26+,28+,29-,30-/m0/s1. The summed E-state index contributed by atoms with van der Waals surface area (Å²) in [5, 5.41) is 0. The van der Waals surface area contributed by atoms with Gasteiger partial charge in [-0.05, 0) is 39.2 Å². The summed E-state index contributed by atoms with van der Waals surface area (Å²) in [4.78, 5) is 63.5. The van der Waals surface area contributed by atoms with Gasteiger partial charge in [0.05, 0.1) is 0 Å². The van der Waals surface area contributed by atoms with E-state index in [1.165, 1.54) is 20.8 Å². The van der Waals surface area contributed by atoms with Crippen molar-refractivity contribution in [2.75, 3.05) is 0 Å². The minimum Gasteiger partial charge on any atom is -0.462 e. The van der Waals surface area contributed by atoms with Crippen LogP contribution in [0, 0.1) is 17.3 Å². The first-order valence-corrected chi connectivity index (χ1v) is 14.4. The van der Waals surface area contributed by atoms with Crippen molar-refractivity contribution in [2.45, 2.75) is 129 Å². The van der Waals surface area contributed by atoms with Crippen LogP contribution >= 0.6 is 0 Å². The van der Waals surface area contributed by atoms with E-state index in [9.17, 15) is 24.0 Å². The molecule has 1 saturated carbocycles. The van der Waals surface area contributed by atoms with Crippen molar-refractivity contribution >= 4 is 29.8 Å². The lowest BCUT2D eigenvalue weighted by Crippen LogP contribution is -2.66. The fraction of sp³-hybridized carbons (Fsp3) is 0.767. The van der Waals surface area contributed by atoms with Crippen LogP contribution in [0.15, 0.2) is 11.6 Å². The van der Waals surface area contributed by atoms with Gasteiger partial charge in [0.15, 0.2) is 17.3 Å². The highest BCUT2D eigenvalue weighted by Crippen LogP contribution is 2.66. The van der Waals surface area contributed by atoms with Crippen molar-refractivity contribution in [1.29, 1.82) is 0 Å². The number of hydrogen-bond donors (Lipinski definition) is 0. The maximum atomic E-state index is 13.1. The number of rotatable bonds is 6. The van der Waals surface area contributed by atoms with Gasteiger partial charge in [-0.25, -0.2) is 4.79 Å². The second-order valence-corrected chi connectivity index (χ2v) is 12.3. The fourth-order valence-electron chi connectivity index (χ4n) is 7.49. The van der Waals surface area contributed by atoms with Gasteiger partial charge in [-0.1, -0.05) is 26.3 Å². The Bertz CT molecular complexity index is 1150. The Morgan fingerprint density at radius 3 is 2.17 bits per heavy atom. The highest BCUT2D eigenvalue weighted by atomic mass is 16.7. The third-order valence-electron chi connectivity index (χ3n) is 9.46. The zero-order chi connectivity index (χ0) is 30.5. The lowest BCUT2D eigenvalue weighted by atomic mass is 9.53. The molecule has 11 nitrogen and oxygen atoms in total. The lowest BCUT2D eigenvalue weighted by Gasteiger charge is -2.57. The number of ether oxygens (including phenoxy) is 6. The van der Waals surface area contributed by atoms with E-state index >= 15 is 0 Å². The highest BCUT2D eigenvalue weighted by molar-refractivity contribution is 5.89. The molecule has 1 spiro atoms. The number of esters is 5. The number of allylic oxidation sites excluding steroid dienone is 1. The molecule has 2 saturated heterocycles. The van der Waals surface area contributed by atoms with Gasteiger partial charge in [-0.15, -0.1) is 0 Å². The summed E-state index contributed by atoms with van der Waals surface area (Å²) in [5.41, 5.74) is -3.09. The molecule has 2 heterocycles. The van der Waals surface area contributed by atoms with Crippen LogP contribution in [0.3, 0.4) is 0 Å². The van der Waals surface area contributed by atoms with Gasteiger partial charge < -0.3 is 28.4 Å². The Hall–Kier alpha value is -2.95. The maximum absolute atomic E-state index is 13.1. The number of fused-ring (bicyclic) bond motifs is 1. The Kier molecular flexibility index (Phi) is 8.34. The molecule has 0 amide bonds. The molecular formula is C30H42O11. The largest absolute Gasteiger partial charge is 0.462 e. The Morgan fingerprint density at radius 1 is 0.976 bits per heavy atom. The minimum atomic E-state index is -1.41. The van der Waals surface area contributed by atoms with E-state index in [0.717, 1.165) is 5.57 Å². The molecule has 4 aliphatic rings. The van der Waals surface area contributed by atoms with Crippen LogP contribution in [0.4, 0.5) is 0 Å². The molecule has 2 aliphatic carbocycles. The molecule has 11 heteroatoms. The monoisotopic (exact) mass is 578 g/mol. The van der Waals surface area contributed by atoms with Crippen molar-refractivity contribution in [3.05, 3.63) is 11.6 Å². The normalized spacial score (nSPS) is 42.6. The van der Waals surface area contributed by atoms with Crippen molar-refractivity contribution in [3.8, 4) is 0 Å². The van der Waals surface area contributed by atoms with E-state index in [2.05, 4.69) is 0 Å². The first-order valence-electron chi connectivity index (χ1n) is 14.4. The summed E-state index contributed by atoms with van der Waals surface area (Å²) in [7, 11) is 0. The second kappa shape index (κ2) is 11.0. The third kappa shape index (κ3) is 5.15. The average Bonchev–Trinajstić information content (AvgIpc) is 3.44. The predicted molar refractivity (Wildman–Crippen MR) is 142 cm³/mol. The molecule has 0 radical (unpaired) electrons. The molecule has 0 unspecified atom stereocenters. The maximum Gasteiger partial charge on any atom is 0.342 e. The highest BCUT2D eigenvalue weighted by Gasteiger charge is 2.87. The van der Waals surface area contributed by atoms with Gasteiger partial charge >= 0.3 is 29.8 Å². The van der Waals surface area contributed by atoms with Crippen molar-refractivity contribution in [1.82, 2.24) is 0 Å². The predicted octanol–water partition coefficient (Wildman–Crippen LogP) is 3.35. The molecular weight excluding hydrogens is 536 g/mol. The van der Waals surface area contributed by atoms with Crippen LogP contribution in [0.25, 0.3) is 0 Å². The topological polar surface area (TPSA) is 144 Å². The quantitative estimate of drug-likeness (QED) is 0.198. The third-order valence-corrected chi connectivity index (χ3v) is 9.46. The van der Waals surface area contributed by atoms with Crippen LogP contribution in [-0.4, -0.2) is 71.6 Å².